The van der Waals surface area contributed by atoms with Crippen LogP contribution in [0.1, 0.15) is 37.8 Å². The summed E-state index contributed by atoms with van der Waals surface area (Å²) in [6.45, 7) is 4.29. The van der Waals surface area contributed by atoms with Gasteiger partial charge in [-0.15, -0.1) is 0 Å². The van der Waals surface area contributed by atoms with Gasteiger partial charge in [-0.25, -0.2) is 0 Å². The molecule has 1 fully saturated rings. The van der Waals surface area contributed by atoms with Gasteiger partial charge in [0.05, 0.1) is 6.61 Å². The minimum absolute atomic E-state index is 0.0309. The lowest BCUT2D eigenvalue weighted by Gasteiger charge is -2.16. The lowest BCUT2D eigenvalue weighted by molar-refractivity contribution is -0.136. The number of aliphatic hydroxyl groups excluding tert-OH is 1. The number of aryl methyl sites for hydroxylation is 1. The molecule has 5 nitrogen and oxygen atoms in total. The van der Waals surface area contributed by atoms with Crippen molar-refractivity contribution in [3.05, 3.63) is 28.3 Å². The molecule has 0 spiro atoms. The summed E-state index contributed by atoms with van der Waals surface area (Å²) in [7, 11) is 0. The van der Waals surface area contributed by atoms with Crippen LogP contribution in [-0.2, 0) is 22.4 Å². The summed E-state index contributed by atoms with van der Waals surface area (Å²) in [4.78, 5) is 24.1. The fraction of sp³-hybridized carbons (Fsp3) is 0.529. The van der Waals surface area contributed by atoms with Gasteiger partial charge < -0.3 is 15.7 Å². The lowest BCUT2D eigenvalue weighted by atomic mass is 10.0. The van der Waals surface area contributed by atoms with Gasteiger partial charge in [0, 0.05) is 22.7 Å². The van der Waals surface area contributed by atoms with Gasteiger partial charge in [0.25, 0.3) is 0 Å². The van der Waals surface area contributed by atoms with E-state index in [2.05, 4.69) is 10.6 Å². The maximum Gasteiger partial charge on any atom is 0.313 e. The Kier molecular flexibility index (Phi) is 5.65. The number of halogens is 1. The predicted molar refractivity (Wildman–Crippen MR) is 90.6 cm³/mol. The van der Waals surface area contributed by atoms with E-state index < -0.39 is 11.8 Å². The maximum absolute atomic E-state index is 12.2. The molecule has 0 aromatic heterocycles. The van der Waals surface area contributed by atoms with Crippen LogP contribution < -0.4 is 10.6 Å². The van der Waals surface area contributed by atoms with Gasteiger partial charge in [0.15, 0.2) is 0 Å². The van der Waals surface area contributed by atoms with Crippen LogP contribution in [0.4, 0.5) is 5.69 Å². The van der Waals surface area contributed by atoms with E-state index in [1.165, 1.54) is 0 Å². The number of carbonyl (C=O) groups excluding carboxylic acids is 2. The van der Waals surface area contributed by atoms with Crippen molar-refractivity contribution in [2.45, 2.75) is 39.5 Å². The molecule has 0 atom stereocenters. The molecule has 0 heterocycles. The first kappa shape index (κ1) is 17.8. The number of rotatable bonds is 6. The third-order valence-corrected chi connectivity index (χ3v) is 4.79. The first-order chi connectivity index (χ1) is 11.0. The van der Waals surface area contributed by atoms with Crippen LogP contribution in [0.15, 0.2) is 12.1 Å². The zero-order valence-electron chi connectivity index (χ0n) is 13.5. The molecule has 23 heavy (non-hydrogen) atoms. The Morgan fingerprint density at radius 3 is 2.43 bits per heavy atom. The van der Waals surface area contributed by atoms with Crippen molar-refractivity contribution in [3.63, 3.8) is 0 Å². The van der Waals surface area contributed by atoms with E-state index in [4.69, 9.17) is 11.6 Å². The van der Waals surface area contributed by atoms with Crippen molar-refractivity contribution >= 4 is 29.1 Å². The number of benzene rings is 1. The van der Waals surface area contributed by atoms with Crippen LogP contribution in [0.25, 0.3) is 0 Å². The van der Waals surface area contributed by atoms with Crippen LogP contribution in [0.5, 0.6) is 0 Å². The highest BCUT2D eigenvalue weighted by atomic mass is 35.5. The van der Waals surface area contributed by atoms with Crippen molar-refractivity contribution in [1.82, 2.24) is 5.32 Å². The normalized spacial score (nSPS) is 15.1. The van der Waals surface area contributed by atoms with Gasteiger partial charge in [-0.1, -0.05) is 31.5 Å². The fourth-order valence-corrected chi connectivity index (χ4v) is 2.84. The predicted octanol–water partition coefficient (Wildman–Crippen LogP) is 2.29. The van der Waals surface area contributed by atoms with Crippen molar-refractivity contribution in [2.24, 2.45) is 5.41 Å². The molecular weight excluding hydrogens is 316 g/mol. The van der Waals surface area contributed by atoms with Crippen molar-refractivity contribution in [1.29, 1.82) is 0 Å². The molecule has 3 N–H and O–H groups in total. The fourth-order valence-electron chi connectivity index (χ4n) is 2.55. The van der Waals surface area contributed by atoms with Crippen molar-refractivity contribution in [2.75, 3.05) is 18.5 Å². The van der Waals surface area contributed by atoms with E-state index in [9.17, 15) is 14.7 Å². The van der Waals surface area contributed by atoms with E-state index >= 15 is 0 Å². The molecule has 0 bridgehead atoms. The highest BCUT2D eigenvalue weighted by Crippen LogP contribution is 2.44. The Hall–Kier alpha value is -1.59. The molecule has 126 valence electrons. The summed E-state index contributed by atoms with van der Waals surface area (Å²) in [5.41, 5.74) is 2.18. The monoisotopic (exact) mass is 338 g/mol. The molecule has 1 saturated carbocycles. The lowest BCUT2D eigenvalue weighted by Crippen LogP contribution is -2.39. The molecule has 0 aliphatic heterocycles. The Balaban J connectivity index is 2.07. The number of aliphatic hydroxyl groups is 1. The number of nitrogens with one attached hydrogen (secondary N) is 2. The first-order valence-electron chi connectivity index (χ1n) is 7.96. The molecule has 1 aromatic carbocycles. The molecule has 2 amide bonds. The molecule has 0 saturated heterocycles. The number of hydrogen-bond donors (Lipinski definition) is 3. The molecule has 0 radical (unpaired) electrons. The van der Waals surface area contributed by atoms with Gasteiger partial charge >= 0.3 is 11.8 Å². The average molecular weight is 339 g/mol. The smallest absolute Gasteiger partial charge is 0.313 e. The molecule has 1 aliphatic carbocycles. The molecular formula is C17H23ClN2O3. The van der Waals surface area contributed by atoms with Gasteiger partial charge in [-0.3, -0.25) is 9.59 Å². The number of hydrogen-bond acceptors (Lipinski definition) is 3. The van der Waals surface area contributed by atoms with Gasteiger partial charge in [0.1, 0.15) is 0 Å². The highest BCUT2D eigenvalue weighted by Gasteiger charge is 2.42. The first-order valence-corrected chi connectivity index (χ1v) is 8.34. The summed E-state index contributed by atoms with van der Waals surface area (Å²) >= 11 is 6.19. The molecule has 1 aliphatic rings. The number of amides is 2. The van der Waals surface area contributed by atoms with Crippen molar-refractivity contribution in [3.8, 4) is 0 Å². The molecule has 6 heteroatoms. The number of anilines is 1. The number of carbonyl (C=O) groups is 2. The van der Waals surface area contributed by atoms with Crippen LogP contribution in [0.3, 0.4) is 0 Å². The minimum Gasteiger partial charge on any atom is -0.396 e. The quantitative estimate of drug-likeness (QED) is 0.696. The Bertz CT molecular complexity index is 612. The van der Waals surface area contributed by atoms with Gasteiger partial charge in [-0.2, -0.15) is 0 Å². The topological polar surface area (TPSA) is 78.4 Å². The third-order valence-electron chi connectivity index (χ3n) is 4.44. The van der Waals surface area contributed by atoms with Crippen LogP contribution in [0.2, 0.25) is 5.02 Å². The summed E-state index contributed by atoms with van der Waals surface area (Å²) < 4.78 is 0. The maximum atomic E-state index is 12.2. The highest BCUT2D eigenvalue weighted by molar-refractivity contribution is 6.40. The Labute approximate surface area is 141 Å². The SMILES string of the molecule is CCc1ccc(Cl)c(CC)c1NC(=O)C(=O)NCC1(CO)CC1. The van der Waals surface area contributed by atoms with Crippen LogP contribution >= 0.6 is 11.6 Å². The Morgan fingerprint density at radius 2 is 1.91 bits per heavy atom. The molecule has 0 unspecified atom stereocenters. The zero-order valence-corrected chi connectivity index (χ0v) is 14.3. The zero-order chi connectivity index (χ0) is 17.0. The summed E-state index contributed by atoms with van der Waals surface area (Å²) in [6, 6.07) is 3.67. The molecule has 1 aromatic rings. The van der Waals surface area contributed by atoms with Crippen molar-refractivity contribution < 1.29 is 14.7 Å². The van der Waals surface area contributed by atoms with Gasteiger partial charge in [0.2, 0.25) is 0 Å². The van der Waals surface area contributed by atoms with Crippen LogP contribution in [0, 0.1) is 5.41 Å². The second-order valence-corrected chi connectivity index (χ2v) is 6.47. The molecule has 2 rings (SSSR count). The van der Waals surface area contributed by atoms with E-state index in [-0.39, 0.29) is 12.0 Å². The summed E-state index contributed by atoms with van der Waals surface area (Å²) in [5, 5.41) is 15.1. The largest absolute Gasteiger partial charge is 0.396 e. The average Bonchev–Trinajstić information content (AvgIpc) is 3.33. The Morgan fingerprint density at radius 1 is 1.22 bits per heavy atom. The third kappa shape index (κ3) is 4.03. The second kappa shape index (κ2) is 7.32. The van der Waals surface area contributed by atoms with E-state index in [1.54, 1.807) is 0 Å². The van der Waals surface area contributed by atoms with Crippen LogP contribution in [-0.4, -0.2) is 30.1 Å². The van der Waals surface area contributed by atoms with E-state index in [0.717, 1.165) is 30.4 Å². The van der Waals surface area contributed by atoms with E-state index in [1.807, 2.05) is 26.0 Å². The second-order valence-electron chi connectivity index (χ2n) is 6.06. The van der Waals surface area contributed by atoms with Gasteiger partial charge in [-0.05, 0) is 42.9 Å². The van der Waals surface area contributed by atoms with E-state index in [0.29, 0.717) is 23.7 Å². The standard InChI is InChI=1S/C17H23ClN2O3/c1-3-11-5-6-13(18)12(4-2)14(11)20-16(23)15(22)19-9-17(10-21)7-8-17/h5-6,21H,3-4,7-10H2,1-2H3,(H,19,22)(H,20,23). The summed E-state index contributed by atoms with van der Waals surface area (Å²) in [6.07, 6.45) is 3.14. The summed E-state index contributed by atoms with van der Waals surface area (Å²) in [5.74, 6) is -1.39. The minimum atomic E-state index is -0.703.